The van der Waals surface area contributed by atoms with Gasteiger partial charge < -0.3 is 0 Å². The molecule has 7 rings (SSSR count). The first-order valence-corrected chi connectivity index (χ1v) is 10.7. The van der Waals surface area contributed by atoms with E-state index in [0.29, 0.717) is 0 Å². The van der Waals surface area contributed by atoms with Crippen LogP contribution in [-0.4, -0.2) is 23.3 Å². The summed E-state index contributed by atoms with van der Waals surface area (Å²) in [6.45, 7) is 2.10. The van der Waals surface area contributed by atoms with Crippen molar-refractivity contribution in [3.8, 4) is 5.69 Å². The zero-order valence-corrected chi connectivity index (χ0v) is 17.5. The van der Waals surface area contributed by atoms with E-state index in [1.54, 1.807) is 0 Å². The normalized spacial score (nSPS) is 11.9. The van der Waals surface area contributed by atoms with Gasteiger partial charge in [0.05, 0.1) is 38.8 Å². The van der Waals surface area contributed by atoms with E-state index in [-0.39, 0.29) is 0 Å². The lowest BCUT2D eigenvalue weighted by Gasteiger charge is -2.07. The molecule has 3 heterocycles. The summed E-state index contributed by atoms with van der Waals surface area (Å²) < 4.78 is 6.65. The van der Waals surface area contributed by atoms with Crippen LogP contribution in [0.15, 0.2) is 97.1 Å². The van der Waals surface area contributed by atoms with Gasteiger partial charge in [0, 0.05) is 0 Å². The zero-order chi connectivity index (χ0) is 21.2. The molecular formula is C27H19N5. The van der Waals surface area contributed by atoms with Gasteiger partial charge in [0.1, 0.15) is 0 Å². The van der Waals surface area contributed by atoms with Gasteiger partial charge in [-0.3, -0.25) is 8.80 Å². The molecule has 0 fully saturated rings. The van der Waals surface area contributed by atoms with Crippen molar-refractivity contribution in [1.82, 2.24) is 23.3 Å². The third-order valence-electron chi connectivity index (χ3n) is 6.14. The van der Waals surface area contributed by atoms with Gasteiger partial charge in [0.25, 0.3) is 0 Å². The summed E-state index contributed by atoms with van der Waals surface area (Å²) in [7, 11) is 0. The first kappa shape index (κ1) is 17.3. The van der Waals surface area contributed by atoms with Crippen LogP contribution in [0.5, 0.6) is 0 Å². The molecule has 152 valence electrons. The number of para-hydroxylation sites is 6. The zero-order valence-electron chi connectivity index (χ0n) is 17.5. The summed E-state index contributed by atoms with van der Waals surface area (Å²) in [5, 5.41) is 0. The van der Waals surface area contributed by atoms with Crippen LogP contribution in [0, 0.1) is 6.92 Å². The Balaban J connectivity index is 1.88. The van der Waals surface area contributed by atoms with Gasteiger partial charge in [-0.15, -0.1) is 0 Å². The molecule has 0 aliphatic heterocycles. The molecule has 0 unspecified atom stereocenters. The molecule has 0 N–H and O–H groups in total. The first-order chi connectivity index (χ1) is 15.8. The van der Waals surface area contributed by atoms with Crippen molar-refractivity contribution in [2.75, 3.05) is 0 Å². The fourth-order valence-electron chi connectivity index (χ4n) is 4.66. The topological polar surface area (TPSA) is 39.5 Å². The lowest BCUT2D eigenvalue weighted by Crippen LogP contribution is -2.01. The van der Waals surface area contributed by atoms with E-state index >= 15 is 0 Å². The van der Waals surface area contributed by atoms with Gasteiger partial charge in [-0.25, -0.2) is 14.5 Å². The number of nitrogens with zero attached hydrogens (tertiary/aromatic N) is 5. The molecule has 5 nitrogen and oxygen atoms in total. The lowest BCUT2D eigenvalue weighted by molar-refractivity contribution is 1.03. The van der Waals surface area contributed by atoms with Crippen LogP contribution in [-0.2, 0) is 0 Å². The van der Waals surface area contributed by atoms with Crippen molar-refractivity contribution in [2.24, 2.45) is 0 Å². The van der Waals surface area contributed by atoms with Gasteiger partial charge in [0.15, 0.2) is 0 Å². The summed E-state index contributed by atoms with van der Waals surface area (Å²) in [6, 6.07) is 33.6. The number of aromatic nitrogens is 5. The van der Waals surface area contributed by atoms with Gasteiger partial charge in [-0.2, -0.15) is 0 Å². The fraction of sp³-hybridized carbons (Fsp3) is 0.0370. The van der Waals surface area contributed by atoms with Crippen LogP contribution in [0.4, 0.5) is 0 Å². The number of imidazole rings is 2. The smallest absolute Gasteiger partial charge is 0.223 e. The Bertz CT molecular complexity index is 1720. The van der Waals surface area contributed by atoms with E-state index in [1.165, 1.54) is 5.56 Å². The predicted octanol–water partition coefficient (Wildman–Crippen LogP) is 6.10. The van der Waals surface area contributed by atoms with Gasteiger partial charge in [-0.1, -0.05) is 54.1 Å². The Kier molecular flexibility index (Phi) is 3.41. The van der Waals surface area contributed by atoms with E-state index in [0.717, 1.165) is 50.3 Å². The molecule has 0 saturated carbocycles. The average Bonchev–Trinajstić information content (AvgIpc) is 3.36. The highest BCUT2D eigenvalue weighted by Gasteiger charge is 2.18. The van der Waals surface area contributed by atoms with Crippen molar-refractivity contribution < 1.29 is 0 Å². The standard InChI is InChI=1S/C27H19N5/c1-18-14-16-19(17-15-18)30-26-28-20-8-2-4-10-22(20)31(26)24-12-6-7-13-25(24)32-23-11-5-3-9-21(23)29-27(30)32/h2-17H,1H3. The maximum Gasteiger partial charge on any atom is 0.223 e. The summed E-state index contributed by atoms with van der Waals surface area (Å²) in [5.74, 6) is 1.66. The predicted molar refractivity (Wildman–Crippen MR) is 129 cm³/mol. The molecule has 4 aromatic carbocycles. The second-order valence-electron chi connectivity index (χ2n) is 8.13. The summed E-state index contributed by atoms with van der Waals surface area (Å²) in [5.41, 5.74) is 8.46. The van der Waals surface area contributed by atoms with Crippen LogP contribution in [0.1, 0.15) is 5.56 Å². The molecule has 3 aromatic heterocycles. The SMILES string of the molecule is Cc1ccc(-n2c3nc4ccccc4n3c3ccccc3n3c4ccccc4nc23)cc1. The van der Waals surface area contributed by atoms with Crippen molar-refractivity contribution in [3.05, 3.63) is 103 Å². The van der Waals surface area contributed by atoms with Crippen LogP contribution in [0.25, 0.3) is 50.3 Å². The molecule has 32 heavy (non-hydrogen) atoms. The van der Waals surface area contributed by atoms with Crippen molar-refractivity contribution in [1.29, 1.82) is 0 Å². The highest BCUT2D eigenvalue weighted by molar-refractivity contribution is 5.92. The molecule has 0 amide bonds. The number of aryl methyl sites for hydroxylation is 1. The Labute approximate surface area is 183 Å². The molecule has 0 aliphatic carbocycles. The van der Waals surface area contributed by atoms with Crippen molar-refractivity contribution in [3.63, 3.8) is 0 Å². The number of hydrogen-bond acceptors (Lipinski definition) is 2. The van der Waals surface area contributed by atoms with Crippen molar-refractivity contribution in [2.45, 2.75) is 6.92 Å². The second kappa shape index (κ2) is 6.31. The number of fused-ring (bicyclic) bond motifs is 9. The summed E-state index contributed by atoms with van der Waals surface area (Å²) >= 11 is 0. The summed E-state index contributed by atoms with van der Waals surface area (Å²) in [6.07, 6.45) is 0. The minimum absolute atomic E-state index is 0.830. The fourth-order valence-corrected chi connectivity index (χ4v) is 4.66. The molecule has 0 radical (unpaired) electrons. The van der Waals surface area contributed by atoms with E-state index < -0.39 is 0 Å². The Hall–Kier alpha value is -4.38. The third kappa shape index (κ3) is 2.28. The monoisotopic (exact) mass is 413 g/mol. The molecule has 5 heteroatoms. The van der Waals surface area contributed by atoms with Crippen molar-refractivity contribution >= 4 is 44.7 Å². The maximum atomic E-state index is 5.10. The molecule has 0 bridgehead atoms. The van der Waals surface area contributed by atoms with Gasteiger partial charge >= 0.3 is 0 Å². The van der Waals surface area contributed by atoms with Gasteiger partial charge in [-0.05, 0) is 55.5 Å². The second-order valence-corrected chi connectivity index (χ2v) is 8.13. The molecule has 0 aliphatic rings. The molecule has 7 aromatic rings. The molecule has 0 spiro atoms. The molecule has 0 atom stereocenters. The highest BCUT2D eigenvalue weighted by Crippen LogP contribution is 2.29. The average molecular weight is 413 g/mol. The van der Waals surface area contributed by atoms with E-state index in [4.69, 9.17) is 9.97 Å². The Morgan fingerprint density at radius 1 is 0.500 bits per heavy atom. The summed E-state index contributed by atoms with van der Waals surface area (Å²) in [4.78, 5) is 10.2. The van der Waals surface area contributed by atoms with E-state index in [2.05, 4.69) is 105 Å². The minimum atomic E-state index is 0.830. The van der Waals surface area contributed by atoms with Crippen LogP contribution >= 0.6 is 0 Å². The quantitative estimate of drug-likeness (QED) is 0.326. The Morgan fingerprint density at radius 2 is 0.938 bits per heavy atom. The number of rotatable bonds is 1. The van der Waals surface area contributed by atoms with Crippen LogP contribution in [0.2, 0.25) is 0 Å². The highest BCUT2D eigenvalue weighted by atomic mass is 15.3. The van der Waals surface area contributed by atoms with E-state index in [9.17, 15) is 0 Å². The van der Waals surface area contributed by atoms with Crippen LogP contribution in [0.3, 0.4) is 0 Å². The molecule has 0 saturated heterocycles. The lowest BCUT2D eigenvalue weighted by atomic mass is 10.2. The third-order valence-corrected chi connectivity index (χ3v) is 6.14. The number of hydrogen-bond donors (Lipinski definition) is 0. The van der Waals surface area contributed by atoms with E-state index in [1.807, 2.05) is 12.1 Å². The maximum absolute atomic E-state index is 5.10. The molecular weight excluding hydrogens is 394 g/mol. The van der Waals surface area contributed by atoms with Gasteiger partial charge in [0.2, 0.25) is 11.6 Å². The Morgan fingerprint density at radius 3 is 1.44 bits per heavy atom. The first-order valence-electron chi connectivity index (χ1n) is 10.7. The number of benzene rings is 4. The minimum Gasteiger partial charge on any atom is -0.276 e. The van der Waals surface area contributed by atoms with Crippen LogP contribution < -0.4 is 0 Å². The largest absolute Gasteiger partial charge is 0.276 e.